The average molecular weight is 341 g/mol. The Kier molecular flexibility index (Phi) is 7.42. The van der Waals surface area contributed by atoms with E-state index in [9.17, 15) is 0 Å². The van der Waals surface area contributed by atoms with Gasteiger partial charge in [-0.05, 0) is 25.5 Å². The Balaban J connectivity index is 1.81. The highest BCUT2D eigenvalue weighted by molar-refractivity contribution is 6.31. The van der Waals surface area contributed by atoms with Gasteiger partial charge in [0.15, 0.2) is 5.96 Å². The van der Waals surface area contributed by atoms with Crippen LogP contribution in [0.3, 0.4) is 0 Å². The fourth-order valence-corrected chi connectivity index (χ4v) is 2.62. The Morgan fingerprint density at radius 3 is 3.17 bits per heavy atom. The standard InChI is InChI=1S/C16H25ClN4O2/c1-3-18-16(21(2)11-13-6-9-22-12-13)20-8-10-23-15-14(17)5-4-7-19-15/h4-5,7,13H,3,6,8-12H2,1-2H3,(H,18,20). The molecule has 1 fully saturated rings. The van der Waals surface area contributed by atoms with E-state index in [0.717, 1.165) is 38.7 Å². The van der Waals surface area contributed by atoms with Crippen LogP contribution in [0.4, 0.5) is 0 Å². The van der Waals surface area contributed by atoms with Gasteiger partial charge in [0.05, 0.1) is 13.2 Å². The molecule has 0 bridgehead atoms. The van der Waals surface area contributed by atoms with Gasteiger partial charge in [-0.25, -0.2) is 9.98 Å². The summed E-state index contributed by atoms with van der Waals surface area (Å²) >= 11 is 6.01. The molecule has 1 atom stereocenters. The van der Waals surface area contributed by atoms with Crippen molar-refractivity contribution in [1.82, 2.24) is 15.2 Å². The molecule has 1 unspecified atom stereocenters. The number of pyridine rings is 1. The molecule has 1 aliphatic rings. The number of aromatic nitrogens is 1. The number of hydrogen-bond acceptors (Lipinski definition) is 4. The topological polar surface area (TPSA) is 59.0 Å². The molecule has 23 heavy (non-hydrogen) atoms. The molecule has 6 nitrogen and oxygen atoms in total. The highest BCUT2D eigenvalue weighted by atomic mass is 35.5. The first-order chi connectivity index (χ1) is 11.2. The maximum absolute atomic E-state index is 6.01. The van der Waals surface area contributed by atoms with Crippen LogP contribution in [0, 0.1) is 5.92 Å². The third-order valence-corrected chi connectivity index (χ3v) is 3.86. The molecule has 2 rings (SSSR count). The lowest BCUT2D eigenvalue weighted by molar-refractivity contribution is 0.181. The SMILES string of the molecule is CCNC(=NCCOc1ncccc1Cl)N(C)CC1CCOC1. The van der Waals surface area contributed by atoms with Crippen LogP contribution in [-0.4, -0.2) is 62.3 Å². The lowest BCUT2D eigenvalue weighted by Gasteiger charge is -2.24. The van der Waals surface area contributed by atoms with E-state index >= 15 is 0 Å². The van der Waals surface area contributed by atoms with Crippen molar-refractivity contribution < 1.29 is 9.47 Å². The van der Waals surface area contributed by atoms with Gasteiger partial charge in [0.2, 0.25) is 5.88 Å². The van der Waals surface area contributed by atoms with Crippen LogP contribution in [0.15, 0.2) is 23.3 Å². The third-order valence-electron chi connectivity index (χ3n) is 3.57. The highest BCUT2D eigenvalue weighted by Crippen LogP contribution is 2.19. The zero-order chi connectivity index (χ0) is 16.5. The summed E-state index contributed by atoms with van der Waals surface area (Å²) < 4.78 is 11.0. The second-order valence-electron chi connectivity index (χ2n) is 5.48. The Labute approximate surface area is 142 Å². The zero-order valence-corrected chi connectivity index (χ0v) is 14.6. The summed E-state index contributed by atoms with van der Waals surface area (Å²) in [5, 5.41) is 3.82. The molecule has 7 heteroatoms. The van der Waals surface area contributed by atoms with E-state index in [1.165, 1.54) is 0 Å². The van der Waals surface area contributed by atoms with Gasteiger partial charge in [0.1, 0.15) is 11.6 Å². The van der Waals surface area contributed by atoms with Gasteiger partial charge < -0.3 is 19.7 Å². The molecule has 0 saturated carbocycles. The third kappa shape index (κ3) is 5.88. The fraction of sp³-hybridized carbons (Fsp3) is 0.625. The summed E-state index contributed by atoms with van der Waals surface area (Å²) in [6.45, 7) is 6.52. The number of nitrogens with zero attached hydrogens (tertiary/aromatic N) is 3. The van der Waals surface area contributed by atoms with Gasteiger partial charge in [-0.2, -0.15) is 0 Å². The van der Waals surface area contributed by atoms with Gasteiger partial charge in [-0.15, -0.1) is 0 Å². The summed E-state index contributed by atoms with van der Waals surface area (Å²) in [4.78, 5) is 10.8. The number of nitrogens with one attached hydrogen (secondary N) is 1. The van der Waals surface area contributed by atoms with Gasteiger partial charge in [-0.3, -0.25) is 0 Å². The van der Waals surface area contributed by atoms with Gasteiger partial charge in [0, 0.05) is 38.9 Å². The summed E-state index contributed by atoms with van der Waals surface area (Å²) in [5.74, 6) is 1.91. The minimum absolute atomic E-state index is 0.437. The van der Waals surface area contributed by atoms with Gasteiger partial charge >= 0.3 is 0 Å². The number of hydrogen-bond donors (Lipinski definition) is 1. The Morgan fingerprint density at radius 1 is 1.61 bits per heavy atom. The van der Waals surface area contributed by atoms with E-state index in [-0.39, 0.29) is 0 Å². The van der Waals surface area contributed by atoms with Crippen molar-refractivity contribution in [3.05, 3.63) is 23.4 Å². The van der Waals surface area contributed by atoms with Crippen LogP contribution in [0.1, 0.15) is 13.3 Å². The molecule has 1 aromatic rings. The molecule has 1 N–H and O–H groups in total. The predicted octanol–water partition coefficient (Wildman–Crippen LogP) is 2.05. The minimum Gasteiger partial charge on any atom is -0.475 e. The molecule has 0 radical (unpaired) electrons. The number of guanidine groups is 1. The van der Waals surface area contributed by atoms with Crippen molar-refractivity contribution >= 4 is 17.6 Å². The van der Waals surface area contributed by atoms with Gasteiger partial charge in [-0.1, -0.05) is 11.6 Å². The summed E-state index contributed by atoms with van der Waals surface area (Å²) in [6, 6.07) is 3.53. The van der Waals surface area contributed by atoms with Crippen molar-refractivity contribution in [1.29, 1.82) is 0 Å². The van der Waals surface area contributed by atoms with Crippen molar-refractivity contribution in [2.24, 2.45) is 10.9 Å². The number of rotatable bonds is 7. The Bertz CT molecular complexity index is 507. The van der Waals surface area contributed by atoms with Gasteiger partial charge in [0.25, 0.3) is 0 Å². The van der Waals surface area contributed by atoms with Crippen molar-refractivity contribution in [3.8, 4) is 5.88 Å². The minimum atomic E-state index is 0.437. The molecule has 1 saturated heterocycles. The van der Waals surface area contributed by atoms with E-state index in [4.69, 9.17) is 21.1 Å². The molecule has 0 amide bonds. The normalized spacial score (nSPS) is 18.0. The molecular weight excluding hydrogens is 316 g/mol. The first kappa shape index (κ1) is 17.8. The second kappa shape index (κ2) is 9.57. The first-order valence-electron chi connectivity index (χ1n) is 8.01. The lowest BCUT2D eigenvalue weighted by atomic mass is 10.1. The van der Waals surface area contributed by atoms with E-state index in [1.807, 2.05) is 0 Å². The molecule has 0 spiro atoms. The van der Waals surface area contributed by atoms with E-state index < -0.39 is 0 Å². The molecule has 0 aliphatic carbocycles. The number of halogens is 1. The average Bonchev–Trinajstić information content (AvgIpc) is 3.05. The maximum atomic E-state index is 6.01. The number of ether oxygens (including phenoxy) is 2. The molecular formula is C16H25ClN4O2. The quantitative estimate of drug-likeness (QED) is 0.467. The van der Waals surface area contributed by atoms with E-state index in [1.54, 1.807) is 18.3 Å². The lowest BCUT2D eigenvalue weighted by Crippen LogP contribution is -2.41. The van der Waals surface area contributed by atoms with E-state index in [2.05, 4.69) is 34.2 Å². The largest absolute Gasteiger partial charge is 0.475 e. The highest BCUT2D eigenvalue weighted by Gasteiger charge is 2.18. The van der Waals surface area contributed by atoms with Crippen LogP contribution in [-0.2, 0) is 4.74 Å². The molecule has 1 aliphatic heterocycles. The summed E-state index contributed by atoms with van der Waals surface area (Å²) in [6.07, 6.45) is 2.77. The predicted molar refractivity (Wildman–Crippen MR) is 92.3 cm³/mol. The first-order valence-corrected chi connectivity index (χ1v) is 8.39. The molecule has 0 aromatic carbocycles. The molecule has 128 valence electrons. The Hall–Kier alpha value is -1.53. The van der Waals surface area contributed by atoms with Crippen molar-refractivity contribution in [3.63, 3.8) is 0 Å². The summed E-state index contributed by atoms with van der Waals surface area (Å²) in [5.41, 5.74) is 0. The van der Waals surface area contributed by atoms with Crippen LogP contribution >= 0.6 is 11.6 Å². The smallest absolute Gasteiger partial charge is 0.232 e. The maximum Gasteiger partial charge on any atom is 0.232 e. The Morgan fingerprint density at radius 2 is 2.48 bits per heavy atom. The molecule has 1 aromatic heterocycles. The van der Waals surface area contributed by atoms with Crippen LogP contribution in [0.25, 0.3) is 0 Å². The van der Waals surface area contributed by atoms with Crippen LogP contribution < -0.4 is 10.1 Å². The van der Waals surface area contributed by atoms with Crippen LogP contribution in [0.2, 0.25) is 5.02 Å². The van der Waals surface area contributed by atoms with E-state index in [0.29, 0.717) is 30.0 Å². The van der Waals surface area contributed by atoms with Crippen molar-refractivity contribution in [2.75, 3.05) is 46.5 Å². The van der Waals surface area contributed by atoms with Crippen LogP contribution in [0.5, 0.6) is 5.88 Å². The number of aliphatic imine (C=N–C) groups is 1. The fourth-order valence-electron chi connectivity index (χ4n) is 2.44. The van der Waals surface area contributed by atoms with Crippen molar-refractivity contribution in [2.45, 2.75) is 13.3 Å². The monoisotopic (exact) mass is 340 g/mol. The zero-order valence-electron chi connectivity index (χ0n) is 13.8. The summed E-state index contributed by atoms with van der Waals surface area (Å²) in [7, 11) is 2.05. The second-order valence-corrected chi connectivity index (χ2v) is 5.89. The molecule has 2 heterocycles.